The van der Waals surface area contributed by atoms with Gasteiger partial charge < -0.3 is 0 Å². The Morgan fingerprint density at radius 3 is 3.00 bits per heavy atom. The fraction of sp³-hybridized carbons (Fsp3) is 0.125. The summed E-state index contributed by atoms with van der Waals surface area (Å²) in [6, 6.07) is 3.75. The largest absolute Gasteiger partial charge is 0.282 e. The lowest BCUT2D eigenvalue weighted by Crippen LogP contribution is -2.29. The smallest absolute Gasteiger partial charge is 0.267 e. The monoisotopic (exact) mass is 342 g/mol. The average Bonchev–Trinajstić information content (AvgIpc) is 3.08. The Morgan fingerprint density at radius 1 is 1.48 bits per heavy atom. The molecule has 2 aromatic heterocycles. The number of aliphatic imine (C=N–C) groups is 1. The fourth-order valence-corrected chi connectivity index (χ4v) is 3.68. The van der Waals surface area contributed by atoms with Crippen molar-refractivity contribution in [2.45, 2.75) is 6.92 Å². The summed E-state index contributed by atoms with van der Waals surface area (Å²) in [5.74, 6) is -0.0780. The van der Waals surface area contributed by atoms with E-state index in [1.54, 1.807) is 23.4 Å². The van der Waals surface area contributed by atoms with Gasteiger partial charge in [0, 0.05) is 24.3 Å². The molecule has 5 nitrogen and oxygen atoms in total. The lowest BCUT2D eigenvalue weighted by molar-refractivity contribution is -0.121. The first-order chi connectivity index (χ1) is 11.2. The molecule has 116 valence electrons. The van der Waals surface area contributed by atoms with E-state index in [2.05, 4.69) is 21.5 Å². The lowest BCUT2D eigenvalue weighted by Gasteiger charge is -2.11. The zero-order valence-electron chi connectivity index (χ0n) is 12.5. The summed E-state index contributed by atoms with van der Waals surface area (Å²) in [5, 5.41) is 3.21. The molecule has 23 heavy (non-hydrogen) atoms. The highest BCUT2D eigenvalue weighted by atomic mass is 32.2. The number of aromatic nitrogens is 2. The number of hydrogen-bond acceptors (Lipinski definition) is 6. The quantitative estimate of drug-likeness (QED) is 0.629. The number of pyridine rings is 1. The number of thiazole rings is 1. The number of carbonyl (C=O) groups excluding carboxylic acids is 1. The normalized spacial score (nSPS) is 18.1. The van der Waals surface area contributed by atoms with Crippen LogP contribution in [0.15, 0.2) is 52.5 Å². The van der Waals surface area contributed by atoms with Crippen molar-refractivity contribution >= 4 is 45.4 Å². The summed E-state index contributed by atoms with van der Waals surface area (Å²) >= 11 is 2.80. The summed E-state index contributed by atoms with van der Waals surface area (Å²) in [4.78, 5) is 27.7. The van der Waals surface area contributed by atoms with Gasteiger partial charge >= 0.3 is 0 Å². The van der Waals surface area contributed by atoms with Crippen LogP contribution in [-0.2, 0) is 4.79 Å². The number of carbonyl (C=O) groups is 1. The molecule has 0 aliphatic carbocycles. The molecule has 0 unspecified atom stereocenters. The molecule has 1 fully saturated rings. The Bertz CT molecular complexity index is 795. The molecule has 1 amide bonds. The van der Waals surface area contributed by atoms with Crippen molar-refractivity contribution in [2.24, 2.45) is 4.99 Å². The van der Waals surface area contributed by atoms with Crippen molar-refractivity contribution in [3.63, 3.8) is 0 Å². The SMILES string of the molecule is C=CCN1C(=O)/C(=C/c2cccnc2)S/C1=N/c1nc(C)cs1. The van der Waals surface area contributed by atoms with Gasteiger partial charge in [-0.15, -0.1) is 17.9 Å². The van der Waals surface area contributed by atoms with Crippen molar-refractivity contribution < 1.29 is 4.79 Å². The molecule has 0 bridgehead atoms. The van der Waals surface area contributed by atoms with E-state index in [1.807, 2.05) is 30.5 Å². The standard InChI is InChI=1S/C16H14N4OS2/c1-3-7-20-14(21)13(8-12-5-4-6-17-9-12)23-16(20)19-15-18-11(2)10-22-15/h3-6,8-10H,1,7H2,2H3/b13-8-,19-16+. The van der Waals surface area contributed by atoms with Gasteiger partial charge in [0.1, 0.15) is 0 Å². The minimum absolute atomic E-state index is 0.0780. The molecule has 1 aliphatic heterocycles. The van der Waals surface area contributed by atoms with Crippen LogP contribution < -0.4 is 0 Å². The van der Waals surface area contributed by atoms with Crippen LogP contribution in [0.25, 0.3) is 6.08 Å². The maximum absolute atomic E-state index is 12.6. The van der Waals surface area contributed by atoms with Crippen molar-refractivity contribution in [1.29, 1.82) is 0 Å². The Kier molecular flexibility index (Phi) is 4.68. The van der Waals surface area contributed by atoms with Gasteiger partial charge in [-0.25, -0.2) is 4.98 Å². The minimum atomic E-state index is -0.0780. The number of hydrogen-bond donors (Lipinski definition) is 0. The molecule has 3 heterocycles. The van der Waals surface area contributed by atoms with Crippen molar-refractivity contribution in [3.05, 3.63) is 58.7 Å². The molecular weight excluding hydrogens is 328 g/mol. The third-order valence-electron chi connectivity index (χ3n) is 2.98. The molecule has 0 atom stereocenters. The van der Waals surface area contributed by atoms with E-state index in [0.717, 1.165) is 11.3 Å². The van der Waals surface area contributed by atoms with Gasteiger partial charge in [-0.1, -0.05) is 12.1 Å². The van der Waals surface area contributed by atoms with Crippen molar-refractivity contribution in [3.8, 4) is 0 Å². The Hall–Kier alpha value is -2.25. The summed E-state index contributed by atoms with van der Waals surface area (Å²) in [7, 11) is 0. The van der Waals surface area contributed by atoms with Crippen molar-refractivity contribution in [1.82, 2.24) is 14.9 Å². The van der Waals surface area contributed by atoms with Crippen molar-refractivity contribution in [2.75, 3.05) is 6.54 Å². The van der Waals surface area contributed by atoms with Gasteiger partial charge in [0.2, 0.25) is 5.13 Å². The number of thioether (sulfide) groups is 1. The first kappa shape index (κ1) is 15.6. The molecule has 3 rings (SSSR count). The highest BCUT2D eigenvalue weighted by molar-refractivity contribution is 8.18. The van der Waals surface area contributed by atoms with Gasteiger partial charge in [0.15, 0.2) is 5.17 Å². The third kappa shape index (κ3) is 3.57. The number of rotatable bonds is 4. The van der Waals surface area contributed by atoms with Crippen LogP contribution >= 0.6 is 23.1 Å². The zero-order chi connectivity index (χ0) is 16.2. The summed E-state index contributed by atoms with van der Waals surface area (Å²) in [6.07, 6.45) is 6.94. The van der Waals surface area contributed by atoms with Crippen LogP contribution in [-0.4, -0.2) is 32.5 Å². The Labute approximate surface area is 142 Å². The van der Waals surface area contributed by atoms with E-state index in [1.165, 1.54) is 23.1 Å². The molecule has 1 saturated heterocycles. The maximum Gasteiger partial charge on any atom is 0.267 e. The van der Waals surface area contributed by atoms with E-state index >= 15 is 0 Å². The molecule has 2 aromatic rings. The van der Waals surface area contributed by atoms with Crippen LogP contribution in [0.5, 0.6) is 0 Å². The van der Waals surface area contributed by atoms with Crippen LogP contribution in [0.3, 0.4) is 0 Å². The van der Waals surface area contributed by atoms with E-state index in [0.29, 0.717) is 21.7 Å². The summed E-state index contributed by atoms with van der Waals surface area (Å²) < 4.78 is 0. The predicted molar refractivity (Wildman–Crippen MR) is 95.7 cm³/mol. The van der Waals surface area contributed by atoms with Gasteiger partial charge in [-0.3, -0.25) is 14.7 Å². The Balaban J connectivity index is 1.94. The Morgan fingerprint density at radius 2 is 2.35 bits per heavy atom. The minimum Gasteiger partial charge on any atom is -0.282 e. The first-order valence-electron chi connectivity index (χ1n) is 6.90. The third-order valence-corrected chi connectivity index (χ3v) is 4.84. The maximum atomic E-state index is 12.6. The number of aryl methyl sites for hydroxylation is 1. The molecule has 0 spiro atoms. The van der Waals surface area contributed by atoms with Gasteiger partial charge in [0.05, 0.1) is 10.6 Å². The predicted octanol–water partition coefficient (Wildman–Crippen LogP) is 3.64. The second-order valence-corrected chi connectivity index (χ2v) is 6.61. The van der Waals surface area contributed by atoms with Crippen LogP contribution in [0.2, 0.25) is 0 Å². The lowest BCUT2D eigenvalue weighted by atomic mass is 10.2. The molecule has 7 heteroatoms. The number of amides is 1. The number of amidine groups is 1. The first-order valence-corrected chi connectivity index (χ1v) is 8.60. The molecule has 0 saturated carbocycles. The highest BCUT2D eigenvalue weighted by Crippen LogP contribution is 2.34. The van der Waals surface area contributed by atoms with E-state index in [4.69, 9.17) is 0 Å². The zero-order valence-corrected chi connectivity index (χ0v) is 14.1. The van der Waals surface area contributed by atoms with E-state index in [-0.39, 0.29) is 5.91 Å². The second kappa shape index (κ2) is 6.89. The van der Waals surface area contributed by atoms with Crippen LogP contribution in [0.4, 0.5) is 5.13 Å². The van der Waals surface area contributed by atoms with Crippen LogP contribution in [0.1, 0.15) is 11.3 Å². The summed E-state index contributed by atoms with van der Waals surface area (Å²) in [6.45, 7) is 6.05. The summed E-state index contributed by atoms with van der Waals surface area (Å²) in [5.41, 5.74) is 1.80. The molecule has 1 aliphatic rings. The fourth-order valence-electron chi connectivity index (χ4n) is 1.97. The topological polar surface area (TPSA) is 58.5 Å². The van der Waals surface area contributed by atoms with E-state index < -0.39 is 0 Å². The molecular formula is C16H14N4OS2. The van der Waals surface area contributed by atoms with Crippen LogP contribution in [0, 0.1) is 6.92 Å². The highest BCUT2D eigenvalue weighted by Gasteiger charge is 2.32. The van der Waals surface area contributed by atoms with Gasteiger partial charge in [0.25, 0.3) is 5.91 Å². The molecule has 0 N–H and O–H groups in total. The molecule has 0 radical (unpaired) electrons. The van der Waals surface area contributed by atoms with Gasteiger partial charge in [-0.2, -0.15) is 4.99 Å². The number of nitrogens with zero attached hydrogens (tertiary/aromatic N) is 4. The molecule has 0 aromatic carbocycles. The average molecular weight is 342 g/mol. The van der Waals surface area contributed by atoms with Gasteiger partial charge in [-0.05, 0) is 36.4 Å². The van der Waals surface area contributed by atoms with E-state index in [9.17, 15) is 4.79 Å². The second-order valence-electron chi connectivity index (χ2n) is 4.77.